The third kappa shape index (κ3) is 3.20. The topological polar surface area (TPSA) is 38.0 Å². The zero-order chi connectivity index (χ0) is 14.8. The molecule has 3 N–H and O–H groups in total. The Labute approximate surface area is 119 Å². The fourth-order valence-electron chi connectivity index (χ4n) is 1.98. The Hall–Kier alpha value is -1.37. The van der Waals surface area contributed by atoms with Gasteiger partial charge in [-0.3, -0.25) is 5.84 Å². The molecular formula is C14H15F3N2S. The molecule has 0 fully saturated rings. The Balaban J connectivity index is 2.37. The highest BCUT2D eigenvalue weighted by atomic mass is 32.1. The molecule has 1 heterocycles. The van der Waals surface area contributed by atoms with Crippen molar-refractivity contribution >= 4 is 11.3 Å². The largest absolute Gasteiger partial charge is 0.416 e. The van der Waals surface area contributed by atoms with E-state index in [2.05, 4.69) is 5.43 Å². The molecule has 0 spiro atoms. The lowest BCUT2D eigenvalue weighted by Gasteiger charge is -2.16. The van der Waals surface area contributed by atoms with Crippen LogP contribution in [0.25, 0.3) is 0 Å². The first-order chi connectivity index (χ1) is 9.45. The molecule has 108 valence electrons. The van der Waals surface area contributed by atoms with E-state index in [1.54, 1.807) is 17.4 Å². The van der Waals surface area contributed by atoms with Crippen molar-refractivity contribution in [1.29, 1.82) is 0 Å². The summed E-state index contributed by atoms with van der Waals surface area (Å²) in [6.07, 6.45) is -3.45. The van der Waals surface area contributed by atoms with Crippen molar-refractivity contribution in [2.75, 3.05) is 0 Å². The molecular weight excluding hydrogens is 285 g/mol. The number of aryl methyl sites for hydroxylation is 1. The fraction of sp³-hybridized carbons (Fsp3) is 0.286. The highest BCUT2D eigenvalue weighted by molar-refractivity contribution is 7.12. The molecule has 1 aromatic carbocycles. The molecule has 0 amide bonds. The second kappa shape index (κ2) is 5.95. The number of rotatable bonds is 4. The molecule has 0 aliphatic heterocycles. The van der Waals surface area contributed by atoms with Crippen LogP contribution in [0.3, 0.4) is 0 Å². The zero-order valence-corrected chi connectivity index (χ0v) is 11.7. The summed E-state index contributed by atoms with van der Waals surface area (Å²) in [5.74, 6) is 5.52. The number of hydrogen-bond acceptors (Lipinski definition) is 3. The number of nitrogens with two attached hydrogens (primary N) is 1. The predicted molar refractivity (Wildman–Crippen MR) is 74.3 cm³/mol. The van der Waals surface area contributed by atoms with Crippen LogP contribution in [0, 0.1) is 0 Å². The minimum absolute atomic E-state index is 0.428. The standard InChI is InChI=1S/C14H15F3N2S/c1-2-11-6-7-12(20-11)13(19-18)9-4-3-5-10(8-9)14(15,16)17/h3-8,13,19H,2,18H2,1H3. The molecule has 1 unspecified atom stereocenters. The molecule has 20 heavy (non-hydrogen) atoms. The summed E-state index contributed by atoms with van der Waals surface area (Å²) in [5, 5.41) is 0. The first-order valence-corrected chi connectivity index (χ1v) is 6.99. The van der Waals surface area contributed by atoms with E-state index in [9.17, 15) is 13.2 Å². The first-order valence-electron chi connectivity index (χ1n) is 6.17. The van der Waals surface area contributed by atoms with Crippen LogP contribution in [0.1, 0.15) is 33.8 Å². The van der Waals surface area contributed by atoms with E-state index >= 15 is 0 Å². The summed E-state index contributed by atoms with van der Waals surface area (Å²) in [6.45, 7) is 2.03. The first kappa shape index (κ1) is 15.0. The number of halogens is 3. The molecule has 1 aromatic heterocycles. The van der Waals surface area contributed by atoms with Crippen molar-refractivity contribution in [3.05, 3.63) is 57.3 Å². The van der Waals surface area contributed by atoms with Gasteiger partial charge in [-0.2, -0.15) is 13.2 Å². The Morgan fingerprint density at radius 3 is 2.55 bits per heavy atom. The summed E-state index contributed by atoms with van der Waals surface area (Å²) >= 11 is 1.55. The monoisotopic (exact) mass is 300 g/mol. The predicted octanol–water partition coefficient (Wildman–Crippen LogP) is 3.88. The lowest BCUT2D eigenvalue weighted by molar-refractivity contribution is -0.137. The van der Waals surface area contributed by atoms with E-state index in [1.807, 2.05) is 19.1 Å². The Bertz CT molecular complexity index is 578. The third-order valence-electron chi connectivity index (χ3n) is 3.03. The number of alkyl halides is 3. The van der Waals surface area contributed by atoms with Crippen LogP contribution in [0.5, 0.6) is 0 Å². The lowest BCUT2D eigenvalue weighted by atomic mass is 10.0. The van der Waals surface area contributed by atoms with Crippen molar-refractivity contribution in [2.24, 2.45) is 5.84 Å². The van der Waals surface area contributed by atoms with Crippen LogP contribution in [0.15, 0.2) is 36.4 Å². The molecule has 2 nitrogen and oxygen atoms in total. The summed E-state index contributed by atoms with van der Waals surface area (Å²) in [5.41, 5.74) is 2.44. The van der Waals surface area contributed by atoms with Crippen LogP contribution in [0.2, 0.25) is 0 Å². The van der Waals surface area contributed by atoms with E-state index < -0.39 is 17.8 Å². The fourth-order valence-corrected chi connectivity index (χ4v) is 3.02. The molecule has 0 aliphatic carbocycles. The Kier molecular flexibility index (Phi) is 4.47. The highest BCUT2D eigenvalue weighted by Gasteiger charge is 2.31. The van der Waals surface area contributed by atoms with Crippen molar-refractivity contribution in [1.82, 2.24) is 5.43 Å². The molecule has 0 saturated heterocycles. The maximum atomic E-state index is 12.7. The minimum atomic E-state index is -4.35. The van der Waals surface area contributed by atoms with Crippen LogP contribution in [-0.4, -0.2) is 0 Å². The van der Waals surface area contributed by atoms with Crippen LogP contribution in [0.4, 0.5) is 13.2 Å². The van der Waals surface area contributed by atoms with Gasteiger partial charge in [0.2, 0.25) is 0 Å². The van der Waals surface area contributed by atoms with Gasteiger partial charge >= 0.3 is 6.18 Å². The maximum Gasteiger partial charge on any atom is 0.416 e. The molecule has 0 saturated carbocycles. The van der Waals surface area contributed by atoms with Crippen molar-refractivity contribution in [3.8, 4) is 0 Å². The van der Waals surface area contributed by atoms with Crippen LogP contribution < -0.4 is 11.3 Å². The second-order valence-electron chi connectivity index (χ2n) is 4.38. The van der Waals surface area contributed by atoms with Gasteiger partial charge in [0.15, 0.2) is 0 Å². The smallest absolute Gasteiger partial charge is 0.271 e. The van der Waals surface area contributed by atoms with E-state index in [-0.39, 0.29) is 0 Å². The Morgan fingerprint density at radius 2 is 2.00 bits per heavy atom. The highest BCUT2D eigenvalue weighted by Crippen LogP contribution is 2.33. The van der Waals surface area contributed by atoms with Crippen molar-refractivity contribution in [2.45, 2.75) is 25.6 Å². The average molecular weight is 300 g/mol. The van der Waals surface area contributed by atoms with Crippen molar-refractivity contribution < 1.29 is 13.2 Å². The summed E-state index contributed by atoms with van der Waals surface area (Å²) < 4.78 is 38.2. The van der Waals surface area contributed by atoms with Gasteiger partial charge in [-0.05, 0) is 36.2 Å². The molecule has 2 aromatic rings. The molecule has 0 bridgehead atoms. The number of nitrogens with one attached hydrogen (secondary N) is 1. The average Bonchev–Trinajstić information content (AvgIpc) is 2.88. The van der Waals surface area contributed by atoms with Crippen LogP contribution >= 0.6 is 11.3 Å². The zero-order valence-electron chi connectivity index (χ0n) is 10.9. The number of hydrazine groups is 1. The van der Waals surface area contributed by atoms with Gasteiger partial charge in [0, 0.05) is 9.75 Å². The van der Waals surface area contributed by atoms with Crippen LogP contribution in [-0.2, 0) is 12.6 Å². The number of hydrogen-bond donors (Lipinski definition) is 2. The molecule has 6 heteroatoms. The van der Waals surface area contributed by atoms with Gasteiger partial charge in [0.25, 0.3) is 0 Å². The quantitative estimate of drug-likeness (QED) is 0.664. The lowest BCUT2D eigenvalue weighted by Crippen LogP contribution is -2.28. The SMILES string of the molecule is CCc1ccc(C(NN)c2cccc(C(F)(F)F)c2)s1. The number of benzene rings is 1. The molecule has 0 radical (unpaired) electrons. The minimum Gasteiger partial charge on any atom is -0.271 e. The third-order valence-corrected chi connectivity index (χ3v) is 4.32. The second-order valence-corrected chi connectivity index (χ2v) is 5.58. The van der Waals surface area contributed by atoms with Gasteiger partial charge in [0.1, 0.15) is 0 Å². The number of thiophene rings is 1. The van der Waals surface area contributed by atoms with E-state index in [0.29, 0.717) is 5.56 Å². The summed E-state index contributed by atoms with van der Waals surface area (Å²) in [7, 11) is 0. The van der Waals surface area contributed by atoms with E-state index in [0.717, 1.165) is 23.4 Å². The van der Waals surface area contributed by atoms with Gasteiger partial charge < -0.3 is 0 Å². The molecule has 1 atom stereocenters. The van der Waals surface area contributed by atoms with Gasteiger partial charge in [0.05, 0.1) is 11.6 Å². The van der Waals surface area contributed by atoms with E-state index in [4.69, 9.17) is 5.84 Å². The maximum absolute atomic E-state index is 12.7. The van der Waals surface area contributed by atoms with Crippen molar-refractivity contribution in [3.63, 3.8) is 0 Å². The summed E-state index contributed by atoms with van der Waals surface area (Å²) in [6, 6.07) is 8.68. The normalized spacial score (nSPS) is 13.4. The summed E-state index contributed by atoms with van der Waals surface area (Å²) in [4.78, 5) is 2.08. The molecule has 0 aliphatic rings. The Morgan fingerprint density at radius 1 is 1.25 bits per heavy atom. The van der Waals surface area contributed by atoms with Gasteiger partial charge in [-0.15, -0.1) is 11.3 Å². The van der Waals surface area contributed by atoms with Gasteiger partial charge in [-0.25, -0.2) is 5.43 Å². The van der Waals surface area contributed by atoms with E-state index in [1.165, 1.54) is 10.9 Å². The molecule has 2 rings (SSSR count). The van der Waals surface area contributed by atoms with Gasteiger partial charge in [-0.1, -0.05) is 19.1 Å².